The van der Waals surface area contributed by atoms with Crippen LogP contribution in [0.1, 0.15) is 35.8 Å². The summed E-state index contributed by atoms with van der Waals surface area (Å²) in [7, 11) is 0. The van der Waals surface area contributed by atoms with Gasteiger partial charge in [-0.1, -0.05) is 18.2 Å². The first kappa shape index (κ1) is 23.1. The normalized spacial score (nSPS) is 21.5. The van der Waals surface area contributed by atoms with E-state index >= 15 is 0 Å². The predicted octanol–water partition coefficient (Wildman–Crippen LogP) is 5.40. The van der Waals surface area contributed by atoms with Crippen LogP contribution in [-0.4, -0.2) is 46.5 Å². The van der Waals surface area contributed by atoms with Crippen molar-refractivity contribution in [3.05, 3.63) is 76.7 Å². The van der Waals surface area contributed by atoms with Crippen molar-refractivity contribution in [1.82, 2.24) is 20.2 Å². The molecule has 184 valence electrons. The zero-order valence-electron chi connectivity index (χ0n) is 20.4. The fourth-order valence-corrected chi connectivity index (χ4v) is 6.40. The Kier molecular flexibility index (Phi) is 6.42. The molecule has 1 aliphatic heterocycles. The summed E-state index contributed by atoms with van der Waals surface area (Å²) in [6.45, 7) is 5.72. The molecule has 2 fully saturated rings. The Bertz CT molecular complexity index is 1340. The number of rotatable bonds is 7. The summed E-state index contributed by atoms with van der Waals surface area (Å²) in [5.74, 6) is 2.10. The molecule has 6 nitrogen and oxygen atoms in total. The highest BCUT2D eigenvalue weighted by Gasteiger charge is 2.41. The number of nitrogens with zero attached hydrogens (tertiary/aromatic N) is 3. The average Bonchev–Trinajstić information content (AvgIpc) is 3.62. The second-order valence-corrected chi connectivity index (χ2v) is 10.6. The van der Waals surface area contributed by atoms with Gasteiger partial charge in [-0.25, -0.2) is 9.97 Å². The van der Waals surface area contributed by atoms with Crippen molar-refractivity contribution in [3.8, 4) is 17.0 Å². The van der Waals surface area contributed by atoms with Crippen LogP contribution >= 0.6 is 11.3 Å². The Morgan fingerprint density at radius 2 is 1.89 bits per heavy atom. The first-order valence-electron chi connectivity index (χ1n) is 12.7. The fraction of sp³-hybridized carbons (Fsp3) is 0.345. The summed E-state index contributed by atoms with van der Waals surface area (Å²) in [5.41, 5.74) is 6.35. The van der Waals surface area contributed by atoms with Crippen LogP contribution in [0.5, 0.6) is 5.75 Å². The molecule has 2 aromatic carbocycles. The zero-order chi connectivity index (χ0) is 24.5. The van der Waals surface area contributed by atoms with Crippen molar-refractivity contribution >= 4 is 28.1 Å². The zero-order valence-corrected chi connectivity index (χ0v) is 21.2. The lowest BCUT2D eigenvalue weighted by Crippen LogP contribution is -2.35. The van der Waals surface area contributed by atoms with Crippen molar-refractivity contribution < 1.29 is 9.53 Å². The van der Waals surface area contributed by atoms with Gasteiger partial charge in [-0.2, -0.15) is 0 Å². The molecule has 1 aliphatic carbocycles. The molecule has 1 saturated carbocycles. The molecule has 0 bridgehead atoms. The van der Waals surface area contributed by atoms with Gasteiger partial charge in [-0.05, 0) is 68.0 Å². The van der Waals surface area contributed by atoms with Crippen molar-refractivity contribution in [2.75, 3.05) is 19.7 Å². The minimum atomic E-state index is -0.00918. The number of thiazole rings is 1. The molecule has 6 rings (SSSR count). The standard InChI is InChI=1S/C29H30N4O2S/c1-2-35-24-9-7-19(8-10-24)28-13-26(25-5-3-4-6-27(25)32-28)29(34)31-22-11-20-14-33(15-21(20)12-22)16-23-17-36-18-30-23/h3-10,13,17-18,20-22H,2,11-12,14-16H2,1H3,(H,31,34)/t20-,21+,22?. The van der Waals surface area contributed by atoms with Gasteiger partial charge in [-0.15, -0.1) is 11.3 Å². The lowest BCUT2D eigenvalue weighted by atomic mass is 10.0. The highest BCUT2D eigenvalue weighted by atomic mass is 32.1. The van der Waals surface area contributed by atoms with Crippen LogP contribution in [0.25, 0.3) is 22.2 Å². The van der Waals surface area contributed by atoms with Crippen LogP contribution in [0.2, 0.25) is 0 Å². The van der Waals surface area contributed by atoms with Gasteiger partial charge in [0.15, 0.2) is 0 Å². The van der Waals surface area contributed by atoms with Crippen LogP contribution in [0.4, 0.5) is 0 Å². The maximum absolute atomic E-state index is 13.6. The van der Waals surface area contributed by atoms with Crippen LogP contribution in [0, 0.1) is 11.8 Å². The number of ether oxygens (including phenoxy) is 1. The van der Waals surface area contributed by atoms with E-state index in [1.807, 2.05) is 67.0 Å². The number of amides is 1. The molecule has 3 heterocycles. The number of pyridine rings is 1. The van der Waals surface area contributed by atoms with Gasteiger partial charge in [0, 0.05) is 42.0 Å². The number of benzene rings is 2. The number of fused-ring (bicyclic) bond motifs is 2. The van der Waals surface area contributed by atoms with Gasteiger partial charge in [-0.3, -0.25) is 9.69 Å². The second-order valence-electron chi connectivity index (χ2n) is 9.87. The molecule has 1 saturated heterocycles. The molecular weight excluding hydrogens is 468 g/mol. The lowest BCUT2D eigenvalue weighted by molar-refractivity contribution is 0.0936. The SMILES string of the molecule is CCOc1ccc(-c2cc(C(=O)NC3C[C@@H]4CN(Cc5cscn5)C[C@@H]4C3)c3ccccc3n2)cc1. The van der Waals surface area contributed by atoms with Gasteiger partial charge in [0.05, 0.1) is 34.6 Å². The van der Waals surface area contributed by atoms with Gasteiger partial charge >= 0.3 is 0 Å². The quantitative estimate of drug-likeness (QED) is 0.370. The van der Waals surface area contributed by atoms with E-state index in [9.17, 15) is 4.79 Å². The number of carbonyl (C=O) groups excluding carboxylic acids is 1. The van der Waals surface area contributed by atoms with E-state index < -0.39 is 0 Å². The monoisotopic (exact) mass is 498 g/mol. The van der Waals surface area contributed by atoms with Crippen LogP contribution in [-0.2, 0) is 6.54 Å². The third-order valence-corrected chi connectivity index (χ3v) is 8.09. The van der Waals surface area contributed by atoms with E-state index in [4.69, 9.17) is 9.72 Å². The number of aromatic nitrogens is 2. The Morgan fingerprint density at radius 3 is 2.61 bits per heavy atom. The topological polar surface area (TPSA) is 67.3 Å². The van der Waals surface area contributed by atoms with E-state index in [0.717, 1.165) is 66.1 Å². The van der Waals surface area contributed by atoms with E-state index in [0.29, 0.717) is 24.0 Å². The smallest absolute Gasteiger partial charge is 0.252 e. The molecular formula is C29H30N4O2S. The summed E-state index contributed by atoms with van der Waals surface area (Å²) in [6.07, 6.45) is 2.08. The van der Waals surface area contributed by atoms with Gasteiger partial charge in [0.25, 0.3) is 5.91 Å². The number of likely N-dealkylation sites (tertiary alicyclic amines) is 1. The molecule has 1 N–H and O–H groups in total. The summed E-state index contributed by atoms with van der Waals surface area (Å²) < 4.78 is 5.58. The molecule has 2 aromatic heterocycles. The number of nitrogens with one attached hydrogen (secondary N) is 1. The summed E-state index contributed by atoms with van der Waals surface area (Å²) in [6, 6.07) is 17.9. The first-order valence-corrected chi connectivity index (χ1v) is 13.6. The highest BCUT2D eigenvalue weighted by Crippen LogP contribution is 2.39. The Labute approximate surface area is 215 Å². The first-order chi connectivity index (χ1) is 17.7. The van der Waals surface area contributed by atoms with Crippen LogP contribution < -0.4 is 10.1 Å². The molecule has 7 heteroatoms. The third kappa shape index (κ3) is 4.73. The molecule has 36 heavy (non-hydrogen) atoms. The van der Waals surface area contributed by atoms with Gasteiger partial charge in [0.2, 0.25) is 0 Å². The van der Waals surface area contributed by atoms with Crippen molar-refractivity contribution in [3.63, 3.8) is 0 Å². The Morgan fingerprint density at radius 1 is 1.11 bits per heavy atom. The molecule has 0 radical (unpaired) electrons. The van der Waals surface area contributed by atoms with E-state index in [1.165, 1.54) is 0 Å². The molecule has 1 amide bonds. The average molecular weight is 499 g/mol. The van der Waals surface area contributed by atoms with Crippen molar-refractivity contribution in [1.29, 1.82) is 0 Å². The van der Waals surface area contributed by atoms with Gasteiger partial charge in [0.1, 0.15) is 5.75 Å². The maximum atomic E-state index is 13.6. The van der Waals surface area contributed by atoms with E-state index in [2.05, 4.69) is 20.6 Å². The number of hydrogen-bond donors (Lipinski definition) is 1. The summed E-state index contributed by atoms with van der Waals surface area (Å²) >= 11 is 1.66. The van der Waals surface area contributed by atoms with Crippen molar-refractivity contribution in [2.45, 2.75) is 32.4 Å². The molecule has 4 aromatic rings. The van der Waals surface area contributed by atoms with Gasteiger partial charge < -0.3 is 10.1 Å². The summed E-state index contributed by atoms with van der Waals surface area (Å²) in [5, 5.41) is 6.39. The lowest BCUT2D eigenvalue weighted by Gasteiger charge is -2.19. The minimum absolute atomic E-state index is 0.00918. The minimum Gasteiger partial charge on any atom is -0.494 e. The molecule has 0 spiro atoms. The largest absolute Gasteiger partial charge is 0.494 e. The van der Waals surface area contributed by atoms with E-state index in [1.54, 1.807) is 11.3 Å². The third-order valence-electron chi connectivity index (χ3n) is 7.45. The number of para-hydroxylation sites is 1. The molecule has 1 unspecified atom stereocenters. The Hall–Kier alpha value is -3.29. The van der Waals surface area contributed by atoms with Crippen LogP contribution in [0.3, 0.4) is 0 Å². The maximum Gasteiger partial charge on any atom is 0.252 e. The predicted molar refractivity (Wildman–Crippen MR) is 143 cm³/mol. The van der Waals surface area contributed by atoms with Crippen LogP contribution in [0.15, 0.2) is 65.5 Å². The number of carbonyl (C=O) groups is 1. The highest BCUT2D eigenvalue weighted by molar-refractivity contribution is 7.07. The van der Waals surface area contributed by atoms with E-state index in [-0.39, 0.29) is 11.9 Å². The fourth-order valence-electron chi connectivity index (χ4n) is 5.85. The van der Waals surface area contributed by atoms with Crippen molar-refractivity contribution in [2.24, 2.45) is 11.8 Å². The molecule has 2 aliphatic rings. The molecule has 3 atom stereocenters. The Balaban J connectivity index is 1.18. The summed E-state index contributed by atoms with van der Waals surface area (Å²) in [4.78, 5) is 25.4. The number of hydrogen-bond acceptors (Lipinski definition) is 6. The second kappa shape index (κ2) is 9.99.